The molecule has 3 heteroatoms. The van der Waals surface area contributed by atoms with E-state index in [-0.39, 0.29) is 16.5 Å². The topological polar surface area (TPSA) is 40.9 Å². The molecule has 2 atom stereocenters. The van der Waals surface area contributed by atoms with Gasteiger partial charge in [-0.25, -0.2) is 0 Å². The average molecular weight is 266 g/mol. The first kappa shape index (κ1) is 11.9. The number of benzene rings is 1. The SMILES string of the molecule is CC(=O)C(Br)C(C)c1ccccc1C#N. The summed E-state index contributed by atoms with van der Waals surface area (Å²) in [6, 6.07) is 9.50. The van der Waals surface area contributed by atoms with Gasteiger partial charge in [0.15, 0.2) is 0 Å². The summed E-state index contributed by atoms with van der Waals surface area (Å²) in [4.78, 5) is 11.0. The molecule has 0 aromatic heterocycles. The van der Waals surface area contributed by atoms with Gasteiger partial charge in [-0.05, 0) is 18.6 Å². The summed E-state index contributed by atoms with van der Waals surface area (Å²) in [5, 5.41) is 8.94. The molecule has 0 aliphatic carbocycles. The number of nitrogens with zero attached hydrogens (tertiary/aromatic N) is 1. The van der Waals surface area contributed by atoms with Crippen molar-refractivity contribution in [1.29, 1.82) is 5.26 Å². The molecule has 1 aromatic carbocycles. The number of carbonyl (C=O) groups excluding carboxylic acids is 1. The number of rotatable bonds is 3. The van der Waals surface area contributed by atoms with Crippen LogP contribution in [0.5, 0.6) is 0 Å². The normalized spacial score (nSPS) is 14.0. The lowest BCUT2D eigenvalue weighted by atomic mass is 9.92. The first-order valence-corrected chi connectivity index (χ1v) is 5.63. The molecule has 0 fully saturated rings. The third-order valence-electron chi connectivity index (χ3n) is 2.40. The molecule has 1 rings (SSSR count). The van der Waals surface area contributed by atoms with Crippen LogP contribution in [0.25, 0.3) is 0 Å². The van der Waals surface area contributed by atoms with Crippen molar-refractivity contribution < 1.29 is 4.79 Å². The minimum Gasteiger partial charge on any atom is -0.299 e. The van der Waals surface area contributed by atoms with Crippen LogP contribution in [0.1, 0.15) is 30.9 Å². The number of hydrogen-bond donors (Lipinski definition) is 0. The second kappa shape index (κ2) is 5.09. The molecule has 0 saturated carbocycles. The Labute approximate surface area is 98.0 Å². The van der Waals surface area contributed by atoms with Crippen LogP contribution in [-0.2, 0) is 4.79 Å². The van der Waals surface area contributed by atoms with Crippen molar-refractivity contribution in [1.82, 2.24) is 0 Å². The summed E-state index contributed by atoms with van der Waals surface area (Å²) >= 11 is 3.35. The van der Waals surface area contributed by atoms with Gasteiger partial charge in [0.25, 0.3) is 0 Å². The Balaban J connectivity index is 3.06. The number of alkyl halides is 1. The lowest BCUT2D eigenvalue weighted by Gasteiger charge is -2.17. The molecule has 2 unspecified atom stereocenters. The molecule has 0 bridgehead atoms. The fourth-order valence-electron chi connectivity index (χ4n) is 1.51. The predicted molar refractivity (Wildman–Crippen MR) is 63.0 cm³/mol. The quantitative estimate of drug-likeness (QED) is 0.789. The van der Waals surface area contributed by atoms with E-state index < -0.39 is 0 Å². The van der Waals surface area contributed by atoms with Crippen molar-refractivity contribution in [2.45, 2.75) is 24.6 Å². The molecule has 0 saturated heterocycles. The zero-order valence-corrected chi connectivity index (χ0v) is 10.3. The summed E-state index contributed by atoms with van der Waals surface area (Å²) < 4.78 is 0. The van der Waals surface area contributed by atoms with Gasteiger partial charge in [0, 0.05) is 5.92 Å². The predicted octanol–water partition coefficient (Wildman–Crippen LogP) is 3.01. The lowest BCUT2D eigenvalue weighted by molar-refractivity contribution is -0.116. The molecular weight excluding hydrogens is 254 g/mol. The molecule has 0 spiro atoms. The maximum absolute atomic E-state index is 11.2. The van der Waals surface area contributed by atoms with Gasteiger partial charge in [0.2, 0.25) is 0 Å². The van der Waals surface area contributed by atoms with Gasteiger partial charge in [-0.15, -0.1) is 0 Å². The second-order valence-corrected chi connectivity index (χ2v) is 4.49. The van der Waals surface area contributed by atoms with E-state index in [0.29, 0.717) is 5.56 Å². The minimum absolute atomic E-state index is 0.0124. The number of hydrogen-bond acceptors (Lipinski definition) is 2. The standard InChI is InChI=1S/C12H12BrNO/c1-8(12(13)9(2)15)11-6-4-3-5-10(11)7-14/h3-6,8,12H,1-2H3. The largest absolute Gasteiger partial charge is 0.299 e. The lowest BCUT2D eigenvalue weighted by Crippen LogP contribution is -2.18. The number of carbonyl (C=O) groups is 1. The molecule has 2 nitrogen and oxygen atoms in total. The highest BCUT2D eigenvalue weighted by atomic mass is 79.9. The van der Waals surface area contributed by atoms with E-state index in [1.807, 2.05) is 25.1 Å². The van der Waals surface area contributed by atoms with Gasteiger partial charge in [-0.1, -0.05) is 41.1 Å². The second-order valence-electron chi connectivity index (χ2n) is 3.50. The fourth-order valence-corrected chi connectivity index (χ4v) is 1.79. The molecule has 0 aliphatic heterocycles. The van der Waals surface area contributed by atoms with Crippen LogP contribution in [0.3, 0.4) is 0 Å². The van der Waals surface area contributed by atoms with Crippen molar-refractivity contribution >= 4 is 21.7 Å². The number of Topliss-reactive ketones (excluding diaryl/α,β-unsaturated/α-hetero) is 1. The Morgan fingerprint density at radius 3 is 2.60 bits per heavy atom. The van der Waals surface area contributed by atoms with Crippen LogP contribution in [-0.4, -0.2) is 10.6 Å². The van der Waals surface area contributed by atoms with E-state index in [1.165, 1.54) is 0 Å². The monoisotopic (exact) mass is 265 g/mol. The highest BCUT2D eigenvalue weighted by Gasteiger charge is 2.21. The van der Waals surface area contributed by atoms with Gasteiger partial charge in [-0.3, -0.25) is 4.79 Å². The Morgan fingerprint density at radius 2 is 2.07 bits per heavy atom. The molecule has 0 amide bonds. The Kier molecular flexibility index (Phi) is 4.05. The number of ketones is 1. The van der Waals surface area contributed by atoms with Crippen LogP contribution >= 0.6 is 15.9 Å². The molecule has 0 aliphatic rings. The Hall–Kier alpha value is -1.14. The highest BCUT2D eigenvalue weighted by molar-refractivity contribution is 9.10. The van der Waals surface area contributed by atoms with Gasteiger partial charge in [0.05, 0.1) is 16.5 Å². The third kappa shape index (κ3) is 2.66. The van der Waals surface area contributed by atoms with Gasteiger partial charge >= 0.3 is 0 Å². The highest BCUT2D eigenvalue weighted by Crippen LogP contribution is 2.27. The van der Waals surface area contributed by atoms with E-state index in [0.717, 1.165) is 5.56 Å². The van der Waals surface area contributed by atoms with Crippen molar-refractivity contribution in [3.05, 3.63) is 35.4 Å². The minimum atomic E-state index is -0.230. The van der Waals surface area contributed by atoms with Crippen molar-refractivity contribution in [2.75, 3.05) is 0 Å². The average Bonchev–Trinajstić information content (AvgIpc) is 2.26. The van der Waals surface area contributed by atoms with Crippen LogP contribution in [0, 0.1) is 11.3 Å². The summed E-state index contributed by atoms with van der Waals surface area (Å²) in [6.45, 7) is 3.49. The molecule has 0 N–H and O–H groups in total. The third-order valence-corrected chi connectivity index (χ3v) is 3.84. The first-order valence-electron chi connectivity index (χ1n) is 4.71. The fraction of sp³-hybridized carbons (Fsp3) is 0.333. The van der Waals surface area contributed by atoms with Gasteiger partial charge in [-0.2, -0.15) is 5.26 Å². The zero-order chi connectivity index (χ0) is 11.4. The Morgan fingerprint density at radius 1 is 1.47 bits per heavy atom. The molecule has 0 heterocycles. The van der Waals surface area contributed by atoms with Crippen LogP contribution < -0.4 is 0 Å². The summed E-state index contributed by atoms with van der Waals surface area (Å²) in [5.41, 5.74) is 1.55. The van der Waals surface area contributed by atoms with Crippen molar-refractivity contribution in [3.8, 4) is 6.07 Å². The van der Waals surface area contributed by atoms with Gasteiger partial charge < -0.3 is 0 Å². The number of nitriles is 1. The number of halogens is 1. The maximum atomic E-state index is 11.2. The maximum Gasteiger partial charge on any atom is 0.144 e. The van der Waals surface area contributed by atoms with E-state index in [1.54, 1.807) is 13.0 Å². The summed E-state index contributed by atoms with van der Waals surface area (Å²) in [7, 11) is 0. The molecule has 15 heavy (non-hydrogen) atoms. The van der Waals surface area contributed by atoms with E-state index in [4.69, 9.17) is 5.26 Å². The smallest absolute Gasteiger partial charge is 0.144 e. The molecular formula is C12H12BrNO. The van der Waals surface area contributed by atoms with Crippen LogP contribution in [0.2, 0.25) is 0 Å². The van der Waals surface area contributed by atoms with Crippen LogP contribution in [0.4, 0.5) is 0 Å². The van der Waals surface area contributed by atoms with E-state index in [9.17, 15) is 4.79 Å². The van der Waals surface area contributed by atoms with E-state index in [2.05, 4.69) is 22.0 Å². The Bertz CT molecular complexity index is 408. The van der Waals surface area contributed by atoms with E-state index >= 15 is 0 Å². The molecule has 0 radical (unpaired) electrons. The first-order chi connectivity index (χ1) is 7.07. The van der Waals surface area contributed by atoms with Crippen molar-refractivity contribution in [3.63, 3.8) is 0 Å². The molecule has 1 aromatic rings. The molecule has 78 valence electrons. The van der Waals surface area contributed by atoms with Crippen LogP contribution in [0.15, 0.2) is 24.3 Å². The van der Waals surface area contributed by atoms with Crippen molar-refractivity contribution in [2.24, 2.45) is 0 Å². The van der Waals surface area contributed by atoms with Gasteiger partial charge in [0.1, 0.15) is 5.78 Å². The summed E-state index contributed by atoms with van der Waals surface area (Å²) in [5.74, 6) is 0.0913. The zero-order valence-electron chi connectivity index (χ0n) is 8.70. The summed E-state index contributed by atoms with van der Waals surface area (Å²) in [6.07, 6.45) is 0.